The maximum absolute atomic E-state index is 5.73. The molecule has 3 aromatic rings. The highest BCUT2D eigenvalue weighted by Gasteiger charge is 2.41. The molecular weight excluding hydrogens is 356 g/mol. The van der Waals surface area contributed by atoms with Gasteiger partial charge in [-0.05, 0) is 67.7 Å². The number of nitrogens with zero attached hydrogens (tertiary/aromatic N) is 3. The maximum atomic E-state index is 5.73. The van der Waals surface area contributed by atoms with E-state index in [1.165, 1.54) is 11.4 Å². The van der Waals surface area contributed by atoms with E-state index in [0.717, 1.165) is 17.1 Å². The Bertz CT molecular complexity index is 952. The quantitative estimate of drug-likeness (QED) is 0.697. The molecule has 2 atom stereocenters. The van der Waals surface area contributed by atoms with Crippen molar-refractivity contribution in [1.82, 2.24) is 14.9 Å². The molecule has 4 rings (SSSR count). The number of ether oxygens (including phenoxy) is 1. The van der Waals surface area contributed by atoms with Gasteiger partial charge in [-0.3, -0.25) is 4.98 Å². The molecule has 0 bridgehead atoms. The summed E-state index contributed by atoms with van der Waals surface area (Å²) < 4.78 is 7.52. The summed E-state index contributed by atoms with van der Waals surface area (Å²) in [6, 6.07) is 18.2. The number of nitrogens with one attached hydrogen (secondary N) is 1. The topological polar surface area (TPSA) is 42.3 Å². The minimum atomic E-state index is -0.0335. The molecule has 0 amide bonds. The first kappa shape index (κ1) is 17.5. The molecule has 3 heterocycles. The molecule has 0 radical (unpaired) electrons. The Morgan fingerprint density at radius 1 is 1.07 bits per heavy atom. The zero-order chi connectivity index (χ0) is 19.0. The monoisotopic (exact) mass is 378 g/mol. The van der Waals surface area contributed by atoms with Gasteiger partial charge < -0.3 is 19.5 Å². The van der Waals surface area contributed by atoms with E-state index in [2.05, 4.69) is 45.9 Å². The van der Waals surface area contributed by atoms with Gasteiger partial charge in [0.1, 0.15) is 11.8 Å². The lowest BCUT2D eigenvalue weighted by Gasteiger charge is -2.28. The van der Waals surface area contributed by atoms with Crippen molar-refractivity contribution >= 4 is 23.0 Å². The van der Waals surface area contributed by atoms with Crippen LogP contribution in [0.5, 0.6) is 5.75 Å². The van der Waals surface area contributed by atoms with E-state index in [1.807, 2.05) is 48.7 Å². The van der Waals surface area contributed by atoms with Gasteiger partial charge in [-0.2, -0.15) is 0 Å². The molecule has 1 aromatic carbocycles. The highest BCUT2D eigenvalue weighted by molar-refractivity contribution is 7.80. The minimum absolute atomic E-state index is 0.000468. The summed E-state index contributed by atoms with van der Waals surface area (Å²) in [6.07, 6.45) is 1.82. The summed E-state index contributed by atoms with van der Waals surface area (Å²) in [5.74, 6) is 0.823. The van der Waals surface area contributed by atoms with E-state index in [-0.39, 0.29) is 12.1 Å². The number of thiocarbonyl (C=S) groups is 1. The third-order valence-corrected chi connectivity index (χ3v) is 5.48. The summed E-state index contributed by atoms with van der Waals surface area (Å²) >= 11 is 5.73. The molecule has 0 spiro atoms. The van der Waals surface area contributed by atoms with Gasteiger partial charge in [-0.15, -0.1) is 0 Å². The van der Waals surface area contributed by atoms with Crippen molar-refractivity contribution < 1.29 is 4.74 Å². The molecule has 1 saturated heterocycles. The highest BCUT2D eigenvalue weighted by atomic mass is 32.1. The Hall–Kier alpha value is -2.86. The second kappa shape index (κ2) is 7.04. The van der Waals surface area contributed by atoms with Crippen molar-refractivity contribution in [2.45, 2.75) is 19.0 Å². The van der Waals surface area contributed by atoms with Crippen LogP contribution >= 0.6 is 12.2 Å². The van der Waals surface area contributed by atoms with Gasteiger partial charge in [-0.25, -0.2) is 0 Å². The zero-order valence-corrected chi connectivity index (χ0v) is 16.4. The second-order valence-electron chi connectivity index (χ2n) is 6.65. The molecule has 2 aromatic heterocycles. The Labute approximate surface area is 164 Å². The number of hydrogen-bond donors (Lipinski definition) is 1. The van der Waals surface area contributed by atoms with Crippen LogP contribution in [-0.4, -0.2) is 21.8 Å². The van der Waals surface area contributed by atoms with E-state index < -0.39 is 0 Å². The predicted octanol–water partition coefficient (Wildman–Crippen LogP) is 3.91. The van der Waals surface area contributed by atoms with Gasteiger partial charge in [0.2, 0.25) is 0 Å². The Balaban J connectivity index is 1.83. The maximum Gasteiger partial charge on any atom is 0.174 e. The van der Waals surface area contributed by atoms with Gasteiger partial charge in [0.25, 0.3) is 0 Å². The SMILES string of the molecule is COc1ccc(N2C(=S)NC(c3ccccn3)C2c2ccc(C)n2C)cc1. The largest absolute Gasteiger partial charge is 0.497 e. The van der Waals surface area contributed by atoms with Gasteiger partial charge in [-0.1, -0.05) is 6.07 Å². The molecule has 1 aliphatic heterocycles. The lowest BCUT2D eigenvalue weighted by Crippen LogP contribution is -2.30. The van der Waals surface area contributed by atoms with Crippen molar-refractivity contribution in [3.63, 3.8) is 0 Å². The van der Waals surface area contributed by atoms with Gasteiger partial charge in [0, 0.05) is 30.3 Å². The number of anilines is 1. The van der Waals surface area contributed by atoms with Crippen LogP contribution in [0.1, 0.15) is 29.2 Å². The van der Waals surface area contributed by atoms with Crippen molar-refractivity contribution in [2.24, 2.45) is 7.05 Å². The van der Waals surface area contributed by atoms with Gasteiger partial charge in [0.15, 0.2) is 5.11 Å². The van der Waals surface area contributed by atoms with Crippen LogP contribution < -0.4 is 15.0 Å². The van der Waals surface area contributed by atoms with E-state index in [9.17, 15) is 0 Å². The fourth-order valence-electron chi connectivity index (χ4n) is 3.61. The van der Waals surface area contributed by atoms with E-state index >= 15 is 0 Å². The van der Waals surface area contributed by atoms with Crippen molar-refractivity contribution in [3.05, 3.63) is 77.9 Å². The predicted molar refractivity (Wildman–Crippen MR) is 111 cm³/mol. The number of rotatable bonds is 4. The van der Waals surface area contributed by atoms with Crippen LogP contribution in [0.4, 0.5) is 5.69 Å². The standard InChI is InChI=1S/C21H22N4OS/c1-14-7-12-18(24(14)2)20-19(17-6-4-5-13-22-17)23-21(27)25(20)15-8-10-16(26-3)11-9-15/h4-13,19-20H,1-3H3,(H,23,27). The molecule has 0 aliphatic carbocycles. The zero-order valence-electron chi connectivity index (χ0n) is 15.6. The average Bonchev–Trinajstić information content (AvgIpc) is 3.22. The number of aromatic nitrogens is 2. The third-order valence-electron chi connectivity index (χ3n) is 5.16. The van der Waals surface area contributed by atoms with Crippen LogP contribution in [0.25, 0.3) is 0 Å². The fraction of sp³-hybridized carbons (Fsp3) is 0.238. The lowest BCUT2D eigenvalue weighted by atomic mass is 10.0. The molecule has 2 unspecified atom stereocenters. The van der Waals surface area contributed by atoms with E-state index in [4.69, 9.17) is 17.0 Å². The first-order valence-corrected chi connectivity index (χ1v) is 9.28. The van der Waals surface area contributed by atoms with Crippen molar-refractivity contribution in [3.8, 4) is 5.75 Å². The van der Waals surface area contributed by atoms with E-state index in [1.54, 1.807) is 7.11 Å². The van der Waals surface area contributed by atoms with Crippen LogP contribution in [0, 0.1) is 6.92 Å². The minimum Gasteiger partial charge on any atom is -0.497 e. The van der Waals surface area contributed by atoms with Crippen LogP contribution in [0.2, 0.25) is 0 Å². The first-order chi connectivity index (χ1) is 13.1. The Kier molecular flexibility index (Phi) is 4.58. The molecule has 1 aliphatic rings. The van der Waals surface area contributed by atoms with Crippen LogP contribution in [-0.2, 0) is 7.05 Å². The highest BCUT2D eigenvalue weighted by Crippen LogP contribution is 2.41. The Morgan fingerprint density at radius 3 is 2.44 bits per heavy atom. The van der Waals surface area contributed by atoms with Crippen LogP contribution in [0.3, 0.4) is 0 Å². The van der Waals surface area contributed by atoms with Crippen molar-refractivity contribution in [2.75, 3.05) is 12.0 Å². The number of methoxy groups -OCH3 is 1. The molecule has 5 nitrogen and oxygen atoms in total. The smallest absolute Gasteiger partial charge is 0.174 e. The average molecular weight is 379 g/mol. The molecule has 27 heavy (non-hydrogen) atoms. The lowest BCUT2D eigenvalue weighted by molar-refractivity contribution is 0.415. The normalized spacial score (nSPS) is 19.2. The molecule has 138 valence electrons. The van der Waals surface area contributed by atoms with Gasteiger partial charge >= 0.3 is 0 Å². The van der Waals surface area contributed by atoms with Crippen molar-refractivity contribution in [1.29, 1.82) is 0 Å². The van der Waals surface area contributed by atoms with Gasteiger partial charge in [0.05, 0.1) is 18.8 Å². The molecular formula is C21H22N4OS. The summed E-state index contributed by atoms with van der Waals surface area (Å²) in [5, 5.41) is 4.18. The third kappa shape index (κ3) is 3.06. The summed E-state index contributed by atoms with van der Waals surface area (Å²) in [5.41, 5.74) is 4.39. The summed E-state index contributed by atoms with van der Waals surface area (Å²) in [6.45, 7) is 2.11. The number of hydrogen-bond acceptors (Lipinski definition) is 3. The molecule has 1 N–H and O–H groups in total. The molecule has 6 heteroatoms. The van der Waals surface area contributed by atoms with Crippen LogP contribution in [0.15, 0.2) is 60.8 Å². The molecule has 1 fully saturated rings. The Morgan fingerprint density at radius 2 is 1.85 bits per heavy atom. The first-order valence-electron chi connectivity index (χ1n) is 8.87. The number of aryl methyl sites for hydroxylation is 1. The number of benzene rings is 1. The molecule has 0 saturated carbocycles. The fourth-order valence-corrected chi connectivity index (χ4v) is 3.95. The van der Waals surface area contributed by atoms with E-state index in [0.29, 0.717) is 5.11 Å². The summed E-state index contributed by atoms with van der Waals surface area (Å²) in [7, 11) is 3.76. The second-order valence-corrected chi connectivity index (χ2v) is 7.04. The summed E-state index contributed by atoms with van der Waals surface area (Å²) in [4.78, 5) is 6.75. The number of pyridine rings is 1.